The van der Waals surface area contributed by atoms with E-state index in [-0.39, 0.29) is 96.8 Å². The average Bonchev–Trinajstić information content (AvgIpc) is 0. The molecular formula is H6CaO6Zr. The Kier molecular flexibility index (Phi) is 4160. The van der Waals surface area contributed by atoms with Gasteiger partial charge in [0.25, 0.3) is 0 Å². The van der Waals surface area contributed by atoms with Crippen molar-refractivity contribution in [2.24, 2.45) is 0 Å². The Morgan fingerprint density at radius 1 is 0.375 bits per heavy atom. The van der Waals surface area contributed by atoms with E-state index in [0.717, 1.165) is 0 Å². The van der Waals surface area contributed by atoms with Crippen molar-refractivity contribution in [1.29, 1.82) is 0 Å². The van der Waals surface area contributed by atoms with Gasteiger partial charge in [0.05, 0.1) is 0 Å². The Bertz CT molecular complexity index is 8.49. The molecule has 0 rings (SSSR count). The summed E-state index contributed by atoms with van der Waals surface area (Å²) in [4.78, 5) is 0. The fourth-order valence-corrected chi connectivity index (χ4v) is 0. The summed E-state index contributed by atoms with van der Waals surface area (Å²) in [5.74, 6) is 0. The molecule has 0 aromatic rings. The van der Waals surface area contributed by atoms with E-state index in [2.05, 4.69) is 0 Å². The van der Waals surface area contributed by atoms with Crippen LogP contribution < -0.4 is 0 Å². The van der Waals surface area contributed by atoms with E-state index in [1.165, 1.54) is 0 Å². The van der Waals surface area contributed by atoms with Gasteiger partial charge in [0.15, 0.2) is 0 Å². The van der Waals surface area contributed by atoms with Crippen LogP contribution in [0.15, 0.2) is 0 Å². The van der Waals surface area contributed by atoms with E-state index < -0.39 is 0 Å². The van der Waals surface area contributed by atoms with Gasteiger partial charge in [0.1, 0.15) is 0 Å². The number of hydrogen-bond donors (Lipinski definition) is 0. The Hall–Kier alpha value is 1.90. The second kappa shape index (κ2) is 154. The zero-order chi connectivity index (χ0) is 0. The van der Waals surface area contributed by atoms with Gasteiger partial charge in [0, 0.05) is 0 Å². The molecule has 8 heavy (non-hydrogen) atoms. The summed E-state index contributed by atoms with van der Waals surface area (Å²) in [5, 5.41) is 0. The zero-order valence-electron chi connectivity index (χ0n) is 3.89. The summed E-state index contributed by atoms with van der Waals surface area (Å²) >= 11 is 0. The van der Waals surface area contributed by atoms with Crippen molar-refractivity contribution in [2.45, 2.75) is 0 Å². The molecule has 8 heteroatoms. The Labute approximate surface area is 95.6 Å². The van der Waals surface area contributed by atoms with Crippen molar-refractivity contribution < 1.29 is 59.1 Å². The predicted octanol–water partition coefficient (Wildman–Crippen LogP) is -1.44. The Balaban J connectivity index is 0. The van der Waals surface area contributed by atoms with Crippen LogP contribution in [0.5, 0.6) is 0 Å². The Morgan fingerprint density at radius 3 is 0.375 bits per heavy atom. The van der Waals surface area contributed by atoms with Gasteiger partial charge in [-0.3, -0.25) is 0 Å². The van der Waals surface area contributed by atoms with Gasteiger partial charge >= 0.3 is 63.9 Å². The normalized spacial score (nSPS) is 0. The topological polar surface area (TPSA) is 180 Å². The van der Waals surface area contributed by atoms with Crippen molar-refractivity contribution in [3.05, 3.63) is 0 Å². The first kappa shape index (κ1) is 217. The Morgan fingerprint density at radius 2 is 0.375 bits per heavy atom. The van der Waals surface area contributed by atoms with Gasteiger partial charge in [-0.1, -0.05) is 0 Å². The average molecular weight is 233 g/mol. The van der Waals surface area contributed by atoms with Crippen LogP contribution in [0.2, 0.25) is 0 Å². The molecule has 0 saturated heterocycles. The first-order valence-electron chi connectivity index (χ1n) is 0. The van der Waals surface area contributed by atoms with Crippen molar-refractivity contribution in [2.75, 3.05) is 0 Å². The molecular weight excluding hydrogens is 227 g/mol. The van der Waals surface area contributed by atoms with E-state index in [1.807, 2.05) is 0 Å². The quantitative estimate of drug-likeness (QED) is 0.461. The zero-order valence-corrected chi connectivity index (χ0v) is 8.56. The van der Waals surface area contributed by atoms with Gasteiger partial charge in [-0.05, 0) is 0 Å². The van der Waals surface area contributed by atoms with Crippen LogP contribution in [0.3, 0.4) is 0 Å². The molecule has 0 atom stereocenters. The van der Waals surface area contributed by atoms with Crippen LogP contribution in [-0.4, -0.2) is 70.6 Å². The van der Waals surface area contributed by atoms with Gasteiger partial charge in [-0.2, -0.15) is 0 Å². The minimum Gasteiger partial charge on any atom is -0.870 e. The molecule has 6 N–H and O–H groups in total. The molecule has 0 radical (unpaired) electrons. The second-order valence-corrected chi connectivity index (χ2v) is 0. The largest absolute Gasteiger partial charge is 4.00 e. The molecule has 0 aromatic heterocycles. The van der Waals surface area contributed by atoms with Crippen molar-refractivity contribution in [1.82, 2.24) is 0 Å². The molecule has 48 valence electrons. The van der Waals surface area contributed by atoms with E-state index in [9.17, 15) is 0 Å². The molecule has 0 amide bonds. The molecule has 0 saturated carbocycles. The van der Waals surface area contributed by atoms with E-state index in [0.29, 0.717) is 0 Å². The summed E-state index contributed by atoms with van der Waals surface area (Å²) in [6.07, 6.45) is 0. The summed E-state index contributed by atoms with van der Waals surface area (Å²) in [7, 11) is 0. The summed E-state index contributed by atoms with van der Waals surface area (Å²) in [5.41, 5.74) is 0. The fraction of sp³-hybridized carbons (Fsp3) is 0. The van der Waals surface area contributed by atoms with Crippen LogP contribution in [0, 0.1) is 0 Å². The van der Waals surface area contributed by atoms with E-state index in [1.54, 1.807) is 0 Å². The smallest absolute Gasteiger partial charge is 0.870 e. The van der Waals surface area contributed by atoms with Gasteiger partial charge in [-0.25, -0.2) is 0 Å². The predicted molar refractivity (Wildman–Crippen MR) is 17.4 cm³/mol. The third-order valence-electron chi connectivity index (χ3n) is 0. The maximum Gasteiger partial charge on any atom is 4.00 e. The van der Waals surface area contributed by atoms with Crippen molar-refractivity contribution >= 4 is 37.7 Å². The molecule has 0 unspecified atom stereocenters. The molecule has 0 heterocycles. The SMILES string of the molecule is [Ca+2].[OH-].[OH-].[OH-].[OH-].[OH-].[OH-].[Zr+4]. The van der Waals surface area contributed by atoms with Crippen LogP contribution in [0.4, 0.5) is 0 Å². The fourth-order valence-electron chi connectivity index (χ4n) is 0. The first-order chi connectivity index (χ1) is 0. The van der Waals surface area contributed by atoms with Crippen molar-refractivity contribution in [3.8, 4) is 0 Å². The van der Waals surface area contributed by atoms with Crippen LogP contribution in [-0.2, 0) is 26.2 Å². The van der Waals surface area contributed by atoms with Gasteiger partial charge < -0.3 is 32.9 Å². The monoisotopic (exact) mass is 232 g/mol. The molecule has 0 aliphatic heterocycles. The maximum absolute atomic E-state index is 0. The summed E-state index contributed by atoms with van der Waals surface area (Å²) in [6.45, 7) is 0. The number of hydrogen-bond acceptors (Lipinski definition) is 6. The molecule has 0 fully saturated rings. The van der Waals surface area contributed by atoms with Crippen LogP contribution in [0.1, 0.15) is 0 Å². The molecule has 6 nitrogen and oxygen atoms in total. The summed E-state index contributed by atoms with van der Waals surface area (Å²) in [6, 6.07) is 0. The molecule has 0 aliphatic rings. The molecule has 0 spiro atoms. The second-order valence-electron chi connectivity index (χ2n) is 0. The molecule has 0 aliphatic carbocycles. The third kappa shape index (κ3) is 104. The first-order valence-corrected chi connectivity index (χ1v) is 0. The third-order valence-corrected chi connectivity index (χ3v) is 0. The van der Waals surface area contributed by atoms with Gasteiger partial charge in [0.2, 0.25) is 0 Å². The standard InChI is InChI=1S/Ca.6H2O.Zr/h;6*1H2;/q+2;;;;;;;+4/p-6. The maximum atomic E-state index is 0. The van der Waals surface area contributed by atoms with E-state index in [4.69, 9.17) is 0 Å². The van der Waals surface area contributed by atoms with Crippen LogP contribution in [0.25, 0.3) is 0 Å². The molecule has 0 aromatic carbocycles. The minimum atomic E-state index is 0. The van der Waals surface area contributed by atoms with Crippen LogP contribution >= 0.6 is 0 Å². The minimum absolute atomic E-state index is 0. The van der Waals surface area contributed by atoms with Gasteiger partial charge in [-0.15, -0.1) is 0 Å². The van der Waals surface area contributed by atoms with E-state index >= 15 is 0 Å². The summed E-state index contributed by atoms with van der Waals surface area (Å²) < 4.78 is 0. The molecule has 0 bridgehead atoms. The number of rotatable bonds is 0. The van der Waals surface area contributed by atoms with Crippen molar-refractivity contribution in [3.63, 3.8) is 0 Å².